The highest BCUT2D eigenvalue weighted by Crippen LogP contribution is 2.38. The van der Waals surface area contributed by atoms with Gasteiger partial charge in [0.2, 0.25) is 0 Å². The van der Waals surface area contributed by atoms with Crippen LogP contribution in [0.5, 0.6) is 0 Å². The average molecular weight is 249 g/mol. The summed E-state index contributed by atoms with van der Waals surface area (Å²) in [6, 6.07) is 5.87. The number of fused-ring (bicyclic) bond motifs is 1. The van der Waals surface area contributed by atoms with Crippen LogP contribution in [0.4, 0.5) is 0 Å². The van der Waals surface area contributed by atoms with Gasteiger partial charge in [-0.25, -0.2) is 0 Å². The Morgan fingerprint density at radius 1 is 1.59 bits per heavy atom. The van der Waals surface area contributed by atoms with Crippen LogP contribution in [0.3, 0.4) is 0 Å². The van der Waals surface area contributed by atoms with Crippen LogP contribution in [0, 0.1) is 0 Å². The molecule has 1 aliphatic heterocycles. The number of hydrogen-bond acceptors (Lipinski definition) is 3. The third kappa shape index (κ3) is 1.70. The zero-order chi connectivity index (χ0) is 11.9. The second-order valence-electron chi connectivity index (χ2n) is 4.68. The van der Waals surface area contributed by atoms with E-state index in [1.807, 2.05) is 23.1 Å². The molecule has 2 N–H and O–H groups in total. The van der Waals surface area contributed by atoms with E-state index in [4.69, 9.17) is 12.2 Å². The summed E-state index contributed by atoms with van der Waals surface area (Å²) in [5.74, 6) is 0. The number of hydrogen-bond donors (Lipinski definition) is 2. The molecule has 2 atom stereocenters. The molecule has 4 nitrogen and oxygen atoms in total. The highest BCUT2D eigenvalue weighted by atomic mass is 32.1. The Bertz CT molecular complexity index is 439. The molecule has 1 aromatic heterocycles. The average Bonchev–Trinajstić information content (AvgIpc) is 2.79. The smallest absolute Gasteiger partial charge is 0.172 e. The number of pyridine rings is 1. The van der Waals surface area contributed by atoms with Gasteiger partial charge in [-0.05, 0) is 43.6 Å². The first-order chi connectivity index (χ1) is 8.20. The summed E-state index contributed by atoms with van der Waals surface area (Å²) in [6.45, 7) is 0.569. The third-order valence-electron chi connectivity index (χ3n) is 3.65. The number of nitrogens with one attached hydrogen (secondary N) is 1. The van der Waals surface area contributed by atoms with Crippen molar-refractivity contribution in [3.8, 4) is 0 Å². The summed E-state index contributed by atoms with van der Waals surface area (Å²) < 4.78 is 0. The molecule has 2 heterocycles. The third-order valence-corrected chi connectivity index (χ3v) is 3.99. The van der Waals surface area contributed by atoms with E-state index >= 15 is 0 Å². The lowest BCUT2D eigenvalue weighted by atomic mass is 10.1. The van der Waals surface area contributed by atoms with E-state index in [0.717, 1.165) is 25.0 Å². The van der Waals surface area contributed by atoms with E-state index in [0.29, 0.717) is 11.7 Å². The fraction of sp³-hybridized carbons (Fsp3) is 0.500. The van der Waals surface area contributed by atoms with E-state index in [9.17, 15) is 5.11 Å². The van der Waals surface area contributed by atoms with Crippen molar-refractivity contribution in [3.63, 3.8) is 0 Å². The maximum absolute atomic E-state index is 10.7. The Morgan fingerprint density at radius 2 is 2.47 bits per heavy atom. The van der Waals surface area contributed by atoms with Gasteiger partial charge in [-0.2, -0.15) is 0 Å². The van der Waals surface area contributed by atoms with Crippen molar-refractivity contribution < 1.29 is 5.11 Å². The Labute approximate surface area is 106 Å². The van der Waals surface area contributed by atoms with Gasteiger partial charge in [0, 0.05) is 6.20 Å². The number of aromatic nitrogens is 1. The molecule has 0 amide bonds. The second kappa shape index (κ2) is 3.92. The lowest BCUT2D eigenvalue weighted by Crippen LogP contribution is -2.48. The second-order valence-corrected chi connectivity index (χ2v) is 5.07. The van der Waals surface area contributed by atoms with Crippen LogP contribution >= 0.6 is 12.2 Å². The molecule has 5 heteroatoms. The molecule has 1 aromatic rings. The van der Waals surface area contributed by atoms with Crippen LogP contribution in [0.15, 0.2) is 24.4 Å². The first-order valence-electron chi connectivity index (χ1n) is 5.90. The van der Waals surface area contributed by atoms with Gasteiger partial charge in [-0.15, -0.1) is 0 Å². The predicted molar refractivity (Wildman–Crippen MR) is 68.1 cm³/mol. The molecule has 0 aromatic carbocycles. The predicted octanol–water partition coefficient (Wildman–Crippen LogP) is 1.01. The van der Waals surface area contributed by atoms with Crippen LogP contribution in [-0.4, -0.2) is 31.9 Å². The van der Waals surface area contributed by atoms with Crippen molar-refractivity contribution in [3.05, 3.63) is 30.1 Å². The Morgan fingerprint density at radius 3 is 3.24 bits per heavy atom. The van der Waals surface area contributed by atoms with E-state index in [-0.39, 0.29) is 6.04 Å². The monoisotopic (exact) mass is 249 g/mol. The molecule has 1 saturated heterocycles. The first-order valence-corrected chi connectivity index (χ1v) is 6.31. The van der Waals surface area contributed by atoms with E-state index < -0.39 is 5.72 Å². The van der Waals surface area contributed by atoms with Gasteiger partial charge in [0.1, 0.15) is 0 Å². The molecule has 0 bridgehead atoms. The van der Waals surface area contributed by atoms with E-state index in [1.165, 1.54) is 0 Å². The van der Waals surface area contributed by atoms with Gasteiger partial charge in [0.05, 0.1) is 18.3 Å². The first kappa shape index (κ1) is 10.9. The normalized spacial score (nSPS) is 31.5. The largest absolute Gasteiger partial charge is 0.369 e. The van der Waals surface area contributed by atoms with Crippen molar-refractivity contribution >= 4 is 17.3 Å². The van der Waals surface area contributed by atoms with Gasteiger partial charge in [0.15, 0.2) is 10.8 Å². The maximum atomic E-state index is 10.7. The van der Waals surface area contributed by atoms with Gasteiger partial charge in [0.25, 0.3) is 0 Å². The number of nitrogens with zero attached hydrogens (tertiary/aromatic N) is 2. The zero-order valence-electron chi connectivity index (χ0n) is 9.47. The van der Waals surface area contributed by atoms with Crippen molar-refractivity contribution in [1.82, 2.24) is 15.2 Å². The minimum atomic E-state index is -0.811. The van der Waals surface area contributed by atoms with Gasteiger partial charge in [-0.1, -0.05) is 6.07 Å². The molecule has 0 radical (unpaired) electrons. The van der Waals surface area contributed by atoms with E-state index in [2.05, 4.69) is 10.3 Å². The standard InChI is InChI=1S/C12H15N3OS/c16-12-6-3-5-10(12)14-11(17)15(12)8-9-4-1-2-7-13-9/h1-2,4,7,10,16H,3,5-6,8H2,(H,14,17). The summed E-state index contributed by atoms with van der Waals surface area (Å²) >= 11 is 5.29. The number of aliphatic hydroxyl groups is 1. The Balaban J connectivity index is 1.85. The molecule has 1 saturated carbocycles. The molecule has 0 spiro atoms. The minimum Gasteiger partial charge on any atom is -0.369 e. The van der Waals surface area contributed by atoms with Crippen LogP contribution in [0.1, 0.15) is 25.0 Å². The van der Waals surface area contributed by atoms with Gasteiger partial charge >= 0.3 is 0 Å². The molecule has 3 rings (SSSR count). The topological polar surface area (TPSA) is 48.4 Å². The Hall–Kier alpha value is -1.20. The molecule has 1 aliphatic carbocycles. The fourth-order valence-corrected chi connectivity index (χ4v) is 3.11. The maximum Gasteiger partial charge on any atom is 0.172 e. The van der Waals surface area contributed by atoms with Gasteiger partial charge < -0.3 is 15.3 Å². The molecule has 2 fully saturated rings. The lowest BCUT2D eigenvalue weighted by Gasteiger charge is -2.32. The molecule has 2 aliphatic rings. The fourth-order valence-electron chi connectivity index (χ4n) is 2.75. The van der Waals surface area contributed by atoms with Crippen molar-refractivity contribution in [2.24, 2.45) is 0 Å². The van der Waals surface area contributed by atoms with Crippen molar-refractivity contribution in [1.29, 1.82) is 0 Å². The van der Waals surface area contributed by atoms with Crippen LogP contribution in [0.25, 0.3) is 0 Å². The summed E-state index contributed by atoms with van der Waals surface area (Å²) in [4.78, 5) is 6.16. The minimum absolute atomic E-state index is 0.0821. The van der Waals surface area contributed by atoms with Crippen LogP contribution in [0.2, 0.25) is 0 Å². The highest BCUT2D eigenvalue weighted by Gasteiger charge is 2.52. The summed E-state index contributed by atoms with van der Waals surface area (Å²) in [5, 5.41) is 14.5. The van der Waals surface area contributed by atoms with E-state index in [1.54, 1.807) is 6.20 Å². The number of rotatable bonds is 2. The molecular formula is C12H15N3OS. The van der Waals surface area contributed by atoms with Crippen molar-refractivity contribution in [2.45, 2.75) is 37.6 Å². The SMILES string of the molecule is OC12CCCC1NC(=S)N2Cc1ccccn1. The zero-order valence-corrected chi connectivity index (χ0v) is 10.3. The van der Waals surface area contributed by atoms with Crippen LogP contribution < -0.4 is 5.32 Å². The number of thiocarbonyl (C=S) groups is 1. The summed E-state index contributed by atoms with van der Waals surface area (Å²) in [5.41, 5.74) is 0.117. The van der Waals surface area contributed by atoms with Crippen molar-refractivity contribution in [2.75, 3.05) is 0 Å². The highest BCUT2D eigenvalue weighted by molar-refractivity contribution is 7.80. The quantitative estimate of drug-likeness (QED) is 0.766. The summed E-state index contributed by atoms with van der Waals surface area (Å²) in [7, 11) is 0. The Kier molecular flexibility index (Phi) is 2.52. The van der Waals surface area contributed by atoms with Crippen LogP contribution in [-0.2, 0) is 6.54 Å². The molecule has 2 unspecified atom stereocenters. The molecule has 90 valence electrons. The molecule has 17 heavy (non-hydrogen) atoms. The molecular weight excluding hydrogens is 234 g/mol. The van der Waals surface area contributed by atoms with Gasteiger partial charge in [-0.3, -0.25) is 4.98 Å². The lowest BCUT2D eigenvalue weighted by molar-refractivity contribution is -0.0627. The summed E-state index contributed by atoms with van der Waals surface area (Å²) in [6.07, 6.45) is 4.56.